The largest absolute Gasteiger partial charge is 0.481 e. The first kappa shape index (κ1) is 20.5. The van der Waals surface area contributed by atoms with Gasteiger partial charge in [0.05, 0.1) is 17.8 Å². The number of rotatable bonds is 6. The molecule has 5 rings (SSSR count). The van der Waals surface area contributed by atoms with E-state index in [1.807, 2.05) is 41.0 Å². The fraction of sp³-hybridized carbons (Fsp3) is 0.0435. The number of nitrogens with zero attached hydrogens (tertiary/aromatic N) is 7. The second-order valence-corrected chi connectivity index (χ2v) is 7.18. The number of hydrogen-bond acceptors (Lipinski definition) is 8. The summed E-state index contributed by atoms with van der Waals surface area (Å²) < 4.78 is 12.8. The van der Waals surface area contributed by atoms with Gasteiger partial charge in [0.15, 0.2) is 11.6 Å². The van der Waals surface area contributed by atoms with Crippen LogP contribution in [0.1, 0.15) is 11.7 Å². The molecule has 0 amide bonds. The maximum Gasteiger partial charge on any atom is 0.248 e. The van der Waals surface area contributed by atoms with E-state index < -0.39 is 0 Å². The predicted molar refractivity (Wildman–Crippen MR) is 123 cm³/mol. The number of pyridine rings is 2. The highest BCUT2D eigenvalue weighted by Crippen LogP contribution is 2.28. The minimum atomic E-state index is 0.306. The summed E-state index contributed by atoms with van der Waals surface area (Å²) in [5.41, 5.74) is 2.29. The van der Waals surface area contributed by atoms with Gasteiger partial charge in [0, 0.05) is 41.9 Å². The normalized spacial score (nSPS) is 11.2. The number of para-hydroxylation sites is 1. The van der Waals surface area contributed by atoms with Crippen molar-refractivity contribution in [2.45, 2.75) is 0 Å². The number of benzene rings is 1. The standard InChI is InChI=1S/C23H16ClN7O2/c1-32-21-14-16(10-13-26-21)23-30-28-20(33-23)7-6-19-27-29-22(15-8-11-25-12-9-15)31(19)18-5-3-2-4-17(18)24/h2-14H,1H3/b7-6+. The van der Waals surface area contributed by atoms with Gasteiger partial charge in [-0.2, -0.15) is 0 Å². The average molecular weight is 458 g/mol. The Kier molecular flexibility index (Phi) is 5.61. The van der Waals surface area contributed by atoms with Crippen LogP contribution >= 0.6 is 11.6 Å². The molecule has 0 saturated carbocycles. The maximum atomic E-state index is 6.49. The van der Waals surface area contributed by atoms with Gasteiger partial charge in [-0.25, -0.2) is 4.98 Å². The molecule has 0 N–H and O–H groups in total. The molecule has 0 unspecified atom stereocenters. The van der Waals surface area contributed by atoms with Crippen LogP contribution in [-0.2, 0) is 0 Å². The molecular weight excluding hydrogens is 442 g/mol. The number of halogens is 1. The van der Waals surface area contributed by atoms with Crippen molar-refractivity contribution in [1.29, 1.82) is 0 Å². The van der Waals surface area contributed by atoms with Gasteiger partial charge in [-0.05, 0) is 36.4 Å². The number of methoxy groups -OCH3 is 1. The molecule has 162 valence electrons. The van der Waals surface area contributed by atoms with Crippen LogP contribution in [0.25, 0.3) is 40.7 Å². The van der Waals surface area contributed by atoms with Crippen molar-refractivity contribution in [2.24, 2.45) is 0 Å². The first-order valence-electron chi connectivity index (χ1n) is 9.85. The third-order valence-electron chi connectivity index (χ3n) is 4.73. The summed E-state index contributed by atoms with van der Waals surface area (Å²) in [5, 5.41) is 17.5. The summed E-state index contributed by atoms with van der Waals surface area (Å²) >= 11 is 6.49. The highest BCUT2D eigenvalue weighted by Gasteiger charge is 2.16. The van der Waals surface area contributed by atoms with Gasteiger partial charge in [-0.1, -0.05) is 23.7 Å². The van der Waals surface area contributed by atoms with E-state index in [4.69, 9.17) is 20.8 Å². The molecule has 4 heterocycles. The van der Waals surface area contributed by atoms with Crippen molar-refractivity contribution in [2.75, 3.05) is 7.11 Å². The van der Waals surface area contributed by atoms with Gasteiger partial charge in [0.1, 0.15) is 0 Å². The van der Waals surface area contributed by atoms with Gasteiger partial charge < -0.3 is 9.15 Å². The quantitative estimate of drug-likeness (QED) is 0.364. The summed E-state index contributed by atoms with van der Waals surface area (Å²) in [6.45, 7) is 0. The summed E-state index contributed by atoms with van der Waals surface area (Å²) in [5.74, 6) is 2.28. The van der Waals surface area contributed by atoms with Crippen LogP contribution in [-0.4, -0.2) is 42.0 Å². The second-order valence-electron chi connectivity index (χ2n) is 6.77. The van der Waals surface area contributed by atoms with Crippen LogP contribution in [0.4, 0.5) is 0 Å². The Morgan fingerprint density at radius 3 is 2.55 bits per heavy atom. The van der Waals surface area contributed by atoms with Gasteiger partial charge in [0.2, 0.25) is 17.7 Å². The van der Waals surface area contributed by atoms with Gasteiger partial charge in [-0.3, -0.25) is 9.55 Å². The molecule has 9 nitrogen and oxygen atoms in total. The molecular formula is C23H16ClN7O2. The van der Waals surface area contributed by atoms with Crippen molar-refractivity contribution in [3.63, 3.8) is 0 Å². The molecule has 0 spiro atoms. The lowest BCUT2D eigenvalue weighted by molar-refractivity contribution is 0.398. The lowest BCUT2D eigenvalue weighted by Crippen LogP contribution is -2.01. The minimum Gasteiger partial charge on any atom is -0.481 e. The SMILES string of the molecule is COc1cc(-c2nnc(/C=C/c3nnc(-c4ccncc4)n3-c3ccccc3Cl)o2)ccn1. The zero-order valence-corrected chi connectivity index (χ0v) is 18.1. The topological polar surface area (TPSA) is 105 Å². The first-order chi connectivity index (χ1) is 16.2. The van der Waals surface area contributed by atoms with Crippen LogP contribution in [0, 0.1) is 0 Å². The van der Waals surface area contributed by atoms with E-state index in [0.29, 0.717) is 39.9 Å². The molecule has 0 atom stereocenters. The lowest BCUT2D eigenvalue weighted by Gasteiger charge is -2.10. The monoisotopic (exact) mass is 457 g/mol. The summed E-state index contributed by atoms with van der Waals surface area (Å²) in [7, 11) is 1.55. The molecule has 4 aromatic heterocycles. The minimum absolute atomic E-state index is 0.306. The Bertz CT molecular complexity index is 1430. The Morgan fingerprint density at radius 2 is 1.73 bits per heavy atom. The second kappa shape index (κ2) is 9.01. The highest BCUT2D eigenvalue weighted by atomic mass is 35.5. The van der Waals surface area contributed by atoms with E-state index in [1.165, 1.54) is 0 Å². The number of ether oxygens (including phenoxy) is 1. The zero-order chi connectivity index (χ0) is 22.6. The van der Waals surface area contributed by atoms with Crippen molar-refractivity contribution in [3.8, 4) is 34.4 Å². The van der Waals surface area contributed by atoms with Crippen LogP contribution in [0.15, 0.2) is 71.5 Å². The highest BCUT2D eigenvalue weighted by molar-refractivity contribution is 6.32. The molecule has 0 aliphatic heterocycles. The van der Waals surface area contributed by atoms with Gasteiger partial charge in [-0.15, -0.1) is 20.4 Å². The third kappa shape index (κ3) is 4.21. The lowest BCUT2D eigenvalue weighted by atomic mass is 10.2. The van der Waals surface area contributed by atoms with E-state index in [0.717, 1.165) is 11.3 Å². The molecule has 0 saturated heterocycles. The van der Waals surface area contributed by atoms with E-state index in [9.17, 15) is 0 Å². The smallest absolute Gasteiger partial charge is 0.248 e. The molecule has 1 aromatic carbocycles. The average Bonchev–Trinajstić information content (AvgIpc) is 3.51. The fourth-order valence-corrected chi connectivity index (χ4v) is 3.40. The number of aromatic nitrogens is 7. The van der Waals surface area contributed by atoms with Crippen molar-refractivity contribution in [1.82, 2.24) is 34.9 Å². The summed E-state index contributed by atoms with van der Waals surface area (Å²) in [6.07, 6.45) is 8.42. The maximum absolute atomic E-state index is 6.49. The third-order valence-corrected chi connectivity index (χ3v) is 5.05. The molecule has 0 fully saturated rings. The van der Waals surface area contributed by atoms with Crippen molar-refractivity contribution >= 4 is 23.8 Å². The van der Waals surface area contributed by atoms with E-state index in [1.54, 1.807) is 50.0 Å². The Hall–Kier alpha value is -4.37. The first-order valence-corrected chi connectivity index (χ1v) is 10.2. The van der Waals surface area contributed by atoms with Crippen LogP contribution < -0.4 is 4.74 Å². The molecule has 0 aliphatic rings. The van der Waals surface area contributed by atoms with Crippen molar-refractivity contribution in [3.05, 3.63) is 83.9 Å². The van der Waals surface area contributed by atoms with E-state index in [-0.39, 0.29) is 0 Å². The molecule has 33 heavy (non-hydrogen) atoms. The van der Waals surface area contributed by atoms with E-state index >= 15 is 0 Å². The van der Waals surface area contributed by atoms with Gasteiger partial charge in [0.25, 0.3) is 0 Å². The van der Waals surface area contributed by atoms with Crippen molar-refractivity contribution < 1.29 is 9.15 Å². The Balaban J connectivity index is 1.52. The number of hydrogen-bond donors (Lipinski definition) is 0. The van der Waals surface area contributed by atoms with Crippen LogP contribution in [0.2, 0.25) is 5.02 Å². The molecule has 0 radical (unpaired) electrons. The van der Waals surface area contributed by atoms with Gasteiger partial charge >= 0.3 is 0 Å². The molecule has 0 bridgehead atoms. The Labute approximate surface area is 193 Å². The molecule has 10 heteroatoms. The van der Waals surface area contributed by atoms with Crippen LogP contribution in [0.3, 0.4) is 0 Å². The van der Waals surface area contributed by atoms with Crippen LogP contribution in [0.5, 0.6) is 5.88 Å². The molecule has 0 aliphatic carbocycles. The summed E-state index contributed by atoms with van der Waals surface area (Å²) in [4.78, 5) is 8.16. The summed E-state index contributed by atoms with van der Waals surface area (Å²) in [6, 6.07) is 14.7. The predicted octanol–water partition coefficient (Wildman–Crippen LogP) is 4.61. The molecule has 5 aromatic rings. The Morgan fingerprint density at radius 1 is 0.909 bits per heavy atom. The van der Waals surface area contributed by atoms with E-state index in [2.05, 4.69) is 30.4 Å². The zero-order valence-electron chi connectivity index (χ0n) is 17.3. The fourth-order valence-electron chi connectivity index (χ4n) is 3.18.